The summed E-state index contributed by atoms with van der Waals surface area (Å²) in [5.41, 5.74) is 1.00. The number of amides is 2. The fourth-order valence-corrected chi connectivity index (χ4v) is 4.86. The highest BCUT2D eigenvalue weighted by Crippen LogP contribution is 2.27. The highest BCUT2D eigenvalue weighted by Gasteiger charge is 2.40. The van der Waals surface area contributed by atoms with Gasteiger partial charge in [-0.05, 0) is 61.4 Å². The highest BCUT2D eigenvalue weighted by molar-refractivity contribution is 7.89. The molecule has 0 radical (unpaired) electrons. The van der Waals surface area contributed by atoms with Gasteiger partial charge in [0.05, 0.1) is 19.1 Å². The molecule has 2 amide bonds. The Bertz CT molecular complexity index is 1010. The topological polar surface area (TPSA) is 114 Å². The molecule has 10 heteroatoms. The largest absolute Gasteiger partial charge is 0.497 e. The zero-order chi connectivity index (χ0) is 21.7. The van der Waals surface area contributed by atoms with Crippen molar-refractivity contribution in [2.24, 2.45) is 0 Å². The number of hydrogen-bond acceptors (Lipinski definition) is 6. The van der Waals surface area contributed by atoms with Crippen LogP contribution in [-0.4, -0.2) is 51.5 Å². The molecular formula is C20H23N3O6S. The quantitative estimate of drug-likeness (QED) is 0.677. The summed E-state index contributed by atoms with van der Waals surface area (Å²) in [5, 5.41) is 5.31. The lowest BCUT2D eigenvalue weighted by atomic mass is 10.2. The van der Waals surface area contributed by atoms with E-state index in [9.17, 15) is 18.0 Å². The van der Waals surface area contributed by atoms with Crippen molar-refractivity contribution in [2.75, 3.05) is 31.4 Å². The first-order valence-electron chi connectivity index (χ1n) is 9.27. The van der Waals surface area contributed by atoms with Crippen LogP contribution in [0.15, 0.2) is 53.4 Å². The van der Waals surface area contributed by atoms with Gasteiger partial charge in [-0.2, -0.15) is 4.31 Å². The van der Waals surface area contributed by atoms with Crippen molar-refractivity contribution in [3.05, 3.63) is 48.5 Å². The molecule has 1 fully saturated rings. The molecule has 2 aromatic rings. The third-order valence-corrected chi connectivity index (χ3v) is 6.67. The van der Waals surface area contributed by atoms with Crippen LogP contribution >= 0.6 is 0 Å². The number of urea groups is 1. The first-order chi connectivity index (χ1) is 14.3. The van der Waals surface area contributed by atoms with Crippen LogP contribution in [0.2, 0.25) is 0 Å². The van der Waals surface area contributed by atoms with Crippen LogP contribution in [0.5, 0.6) is 5.75 Å². The fourth-order valence-electron chi connectivity index (χ4n) is 3.21. The van der Waals surface area contributed by atoms with Crippen molar-refractivity contribution >= 4 is 33.4 Å². The maximum Gasteiger partial charge on any atom is 0.324 e. The molecule has 1 aliphatic rings. The van der Waals surface area contributed by atoms with E-state index in [0.29, 0.717) is 30.0 Å². The number of rotatable bonds is 6. The summed E-state index contributed by atoms with van der Waals surface area (Å²) >= 11 is 0. The average molecular weight is 433 g/mol. The number of carbonyl (C=O) groups is 2. The predicted molar refractivity (Wildman–Crippen MR) is 111 cm³/mol. The van der Waals surface area contributed by atoms with Gasteiger partial charge in [0, 0.05) is 17.9 Å². The Morgan fingerprint density at radius 1 is 0.967 bits per heavy atom. The normalized spacial score (nSPS) is 16.7. The standard InChI is InChI=1S/C20H23N3O6S/c1-28-16-9-5-14(6-10-16)21-20(25)22-15-7-11-17(12-8-15)30(26,27)23-13-3-4-18(23)19(24)29-2/h5-12,18H,3-4,13H2,1-2H3,(H2,21,22,25)/t18-/m0/s1. The van der Waals surface area contributed by atoms with Gasteiger partial charge in [-0.1, -0.05) is 0 Å². The number of benzene rings is 2. The molecule has 1 saturated heterocycles. The summed E-state index contributed by atoms with van der Waals surface area (Å²) in [4.78, 5) is 24.1. The highest BCUT2D eigenvalue weighted by atomic mass is 32.2. The van der Waals surface area contributed by atoms with Gasteiger partial charge in [0.25, 0.3) is 0 Å². The molecule has 9 nitrogen and oxygen atoms in total. The minimum absolute atomic E-state index is 0.0411. The molecule has 30 heavy (non-hydrogen) atoms. The number of sulfonamides is 1. The van der Waals surface area contributed by atoms with Crippen LogP contribution in [0.1, 0.15) is 12.8 Å². The number of ether oxygens (including phenoxy) is 2. The summed E-state index contributed by atoms with van der Waals surface area (Å²) in [6, 6.07) is 11.3. The molecule has 0 aromatic heterocycles. The first kappa shape index (κ1) is 21.6. The van der Waals surface area contributed by atoms with Crippen LogP contribution in [0.3, 0.4) is 0 Å². The van der Waals surface area contributed by atoms with Crippen LogP contribution in [0, 0.1) is 0 Å². The van der Waals surface area contributed by atoms with Gasteiger partial charge >= 0.3 is 12.0 Å². The van der Waals surface area contributed by atoms with E-state index in [2.05, 4.69) is 10.6 Å². The third kappa shape index (κ3) is 4.71. The van der Waals surface area contributed by atoms with E-state index in [1.165, 1.54) is 31.4 Å². The molecule has 1 atom stereocenters. The zero-order valence-corrected chi connectivity index (χ0v) is 17.4. The number of esters is 1. The van der Waals surface area contributed by atoms with E-state index in [1.54, 1.807) is 31.4 Å². The molecular weight excluding hydrogens is 410 g/mol. The Balaban J connectivity index is 1.66. The van der Waals surface area contributed by atoms with Gasteiger partial charge < -0.3 is 20.1 Å². The molecule has 3 rings (SSSR count). The summed E-state index contributed by atoms with van der Waals surface area (Å²) in [7, 11) is -1.06. The molecule has 0 unspecified atom stereocenters. The molecule has 160 valence electrons. The van der Waals surface area contributed by atoms with E-state index < -0.39 is 28.1 Å². The van der Waals surface area contributed by atoms with Crippen molar-refractivity contribution in [3.8, 4) is 5.75 Å². The first-order valence-corrected chi connectivity index (χ1v) is 10.7. The molecule has 0 bridgehead atoms. The number of hydrogen-bond donors (Lipinski definition) is 2. The van der Waals surface area contributed by atoms with Crippen molar-refractivity contribution in [1.29, 1.82) is 0 Å². The summed E-state index contributed by atoms with van der Waals surface area (Å²) < 4.78 is 36.7. The lowest BCUT2D eigenvalue weighted by molar-refractivity contribution is -0.144. The van der Waals surface area contributed by atoms with Crippen molar-refractivity contribution in [1.82, 2.24) is 4.31 Å². The second-order valence-electron chi connectivity index (χ2n) is 6.63. The van der Waals surface area contributed by atoms with Crippen LogP contribution < -0.4 is 15.4 Å². The minimum Gasteiger partial charge on any atom is -0.497 e. The molecule has 0 aliphatic carbocycles. The number of anilines is 2. The summed E-state index contributed by atoms with van der Waals surface area (Å²) in [6.45, 7) is 0.256. The molecule has 0 spiro atoms. The van der Waals surface area contributed by atoms with Gasteiger partial charge in [0.2, 0.25) is 10.0 Å². The Morgan fingerprint density at radius 2 is 1.53 bits per heavy atom. The lowest BCUT2D eigenvalue weighted by Crippen LogP contribution is -2.41. The van der Waals surface area contributed by atoms with Crippen LogP contribution in [-0.2, 0) is 19.6 Å². The Hall–Kier alpha value is -3.11. The second-order valence-corrected chi connectivity index (χ2v) is 8.52. The Labute approximate surface area is 175 Å². The number of methoxy groups -OCH3 is 2. The molecule has 2 aromatic carbocycles. The average Bonchev–Trinajstić information content (AvgIpc) is 3.25. The van der Waals surface area contributed by atoms with Crippen LogP contribution in [0.25, 0.3) is 0 Å². The van der Waals surface area contributed by atoms with Gasteiger partial charge in [-0.25, -0.2) is 13.2 Å². The van der Waals surface area contributed by atoms with Gasteiger partial charge in [0.1, 0.15) is 11.8 Å². The van der Waals surface area contributed by atoms with E-state index in [-0.39, 0.29) is 11.4 Å². The van der Waals surface area contributed by atoms with Crippen molar-refractivity contribution < 1.29 is 27.5 Å². The maximum atomic E-state index is 12.9. The van der Waals surface area contributed by atoms with Gasteiger partial charge in [-0.15, -0.1) is 0 Å². The van der Waals surface area contributed by atoms with Gasteiger partial charge in [-0.3, -0.25) is 4.79 Å². The summed E-state index contributed by atoms with van der Waals surface area (Å²) in [6.07, 6.45) is 1.02. The Kier molecular flexibility index (Phi) is 6.58. The van der Waals surface area contributed by atoms with Crippen molar-refractivity contribution in [3.63, 3.8) is 0 Å². The smallest absolute Gasteiger partial charge is 0.324 e. The van der Waals surface area contributed by atoms with Gasteiger partial charge in [0.15, 0.2) is 0 Å². The van der Waals surface area contributed by atoms with E-state index in [0.717, 1.165) is 4.31 Å². The lowest BCUT2D eigenvalue weighted by Gasteiger charge is -2.22. The maximum absolute atomic E-state index is 12.9. The molecule has 2 N–H and O–H groups in total. The third-order valence-electron chi connectivity index (χ3n) is 4.74. The molecule has 1 aliphatic heterocycles. The monoisotopic (exact) mass is 433 g/mol. The molecule has 0 saturated carbocycles. The van der Waals surface area contributed by atoms with Crippen molar-refractivity contribution in [2.45, 2.75) is 23.8 Å². The number of carbonyl (C=O) groups excluding carboxylic acids is 2. The molecule has 1 heterocycles. The van der Waals surface area contributed by atoms with E-state index in [4.69, 9.17) is 9.47 Å². The SMILES string of the molecule is COC(=O)[C@@H]1CCCN1S(=O)(=O)c1ccc(NC(=O)Nc2ccc(OC)cc2)cc1. The summed E-state index contributed by atoms with van der Waals surface area (Å²) in [5.74, 6) is 0.106. The number of nitrogens with zero attached hydrogens (tertiary/aromatic N) is 1. The fraction of sp³-hybridized carbons (Fsp3) is 0.300. The number of nitrogens with one attached hydrogen (secondary N) is 2. The van der Waals surface area contributed by atoms with Crippen LogP contribution in [0.4, 0.5) is 16.2 Å². The van der Waals surface area contributed by atoms with E-state index in [1.807, 2.05) is 0 Å². The van der Waals surface area contributed by atoms with E-state index >= 15 is 0 Å². The minimum atomic E-state index is -3.85. The Morgan fingerprint density at radius 3 is 2.07 bits per heavy atom. The second kappa shape index (κ2) is 9.14. The predicted octanol–water partition coefficient (Wildman–Crippen LogP) is 2.67. The zero-order valence-electron chi connectivity index (χ0n) is 16.6.